The summed E-state index contributed by atoms with van der Waals surface area (Å²) in [6, 6.07) is 6.96. The zero-order chi connectivity index (χ0) is 12.3. The number of phenolic OH excluding ortho intramolecular Hbond substituents is 1. The van der Waals surface area contributed by atoms with Gasteiger partial charge in [-0.05, 0) is 17.7 Å². The molecule has 0 amide bonds. The molecule has 5 nitrogen and oxygen atoms in total. The monoisotopic (exact) mass is 233 g/mol. The van der Waals surface area contributed by atoms with Crippen LogP contribution in [-0.2, 0) is 13.0 Å². The first-order valence-electron chi connectivity index (χ1n) is 5.39. The summed E-state index contributed by atoms with van der Waals surface area (Å²) >= 11 is 0. The number of phenols is 1. The maximum Gasteiger partial charge on any atom is 0.125 e. The molecule has 90 valence electrons. The fraction of sp³-hybridized carbons (Fsp3) is 0.250. The van der Waals surface area contributed by atoms with Gasteiger partial charge in [0.2, 0.25) is 0 Å². The molecule has 17 heavy (non-hydrogen) atoms. The molecule has 1 aromatic carbocycles. The van der Waals surface area contributed by atoms with Crippen molar-refractivity contribution in [2.75, 3.05) is 12.3 Å². The highest BCUT2D eigenvalue weighted by atomic mass is 16.3. The first-order chi connectivity index (χ1) is 8.20. The number of aromatic hydroxyl groups is 1. The Morgan fingerprint density at radius 2 is 2.18 bits per heavy atom. The van der Waals surface area contributed by atoms with Gasteiger partial charge in [-0.15, -0.1) is 0 Å². The van der Waals surface area contributed by atoms with Crippen molar-refractivity contribution >= 4 is 5.82 Å². The number of nitrogens with two attached hydrogens (primary N) is 1. The van der Waals surface area contributed by atoms with E-state index in [1.54, 1.807) is 29.1 Å². The average molecular weight is 233 g/mol. The van der Waals surface area contributed by atoms with E-state index < -0.39 is 0 Å². The number of aromatic nitrogens is 2. The van der Waals surface area contributed by atoms with E-state index in [2.05, 4.69) is 5.10 Å². The third-order valence-corrected chi connectivity index (χ3v) is 2.58. The molecule has 0 aliphatic rings. The highest BCUT2D eigenvalue weighted by molar-refractivity contribution is 5.39. The molecular formula is C12H15N3O2. The van der Waals surface area contributed by atoms with Crippen LogP contribution in [0.25, 0.3) is 0 Å². The minimum atomic E-state index is 0.0576. The number of rotatable bonds is 4. The van der Waals surface area contributed by atoms with Crippen LogP contribution in [0.5, 0.6) is 5.75 Å². The Morgan fingerprint density at radius 3 is 2.88 bits per heavy atom. The second-order valence-corrected chi connectivity index (χ2v) is 3.86. The molecule has 0 fully saturated rings. The van der Waals surface area contributed by atoms with Gasteiger partial charge < -0.3 is 15.9 Å². The number of benzene rings is 1. The van der Waals surface area contributed by atoms with Gasteiger partial charge in [0.1, 0.15) is 11.6 Å². The molecule has 0 spiro atoms. The smallest absolute Gasteiger partial charge is 0.125 e. The van der Waals surface area contributed by atoms with Crippen molar-refractivity contribution < 1.29 is 10.2 Å². The zero-order valence-corrected chi connectivity index (χ0v) is 9.37. The lowest BCUT2D eigenvalue weighted by Crippen LogP contribution is -2.07. The van der Waals surface area contributed by atoms with Gasteiger partial charge in [0.25, 0.3) is 0 Å². The number of nitrogen functional groups attached to an aromatic ring is 1. The van der Waals surface area contributed by atoms with E-state index in [-0.39, 0.29) is 12.4 Å². The minimum absolute atomic E-state index is 0.0576. The van der Waals surface area contributed by atoms with Gasteiger partial charge in [0, 0.05) is 18.6 Å². The summed E-state index contributed by atoms with van der Waals surface area (Å²) in [7, 11) is 0. The minimum Gasteiger partial charge on any atom is -0.508 e. The summed E-state index contributed by atoms with van der Waals surface area (Å²) in [5.74, 6) is 0.784. The first kappa shape index (κ1) is 11.5. The molecule has 0 unspecified atom stereocenters. The zero-order valence-electron chi connectivity index (χ0n) is 9.37. The predicted molar refractivity (Wildman–Crippen MR) is 64.6 cm³/mol. The van der Waals surface area contributed by atoms with Crippen LogP contribution in [0.2, 0.25) is 0 Å². The standard InChI is InChI=1S/C12H15N3O2/c13-12-10(4-5-16)7-14-15(12)8-9-2-1-3-11(17)6-9/h1-3,6-7,16-17H,4-5,8,13H2. The molecule has 0 radical (unpaired) electrons. The second kappa shape index (κ2) is 4.88. The van der Waals surface area contributed by atoms with Crippen molar-refractivity contribution in [3.8, 4) is 5.75 Å². The van der Waals surface area contributed by atoms with Crippen molar-refractivity contribution in [3.63, 3.8) is 0 Å². The Hall–Kier alpha value is -2.01. The molecule has 0 bridgehead atoms. The molecule has 1 heterocycles. The number of aliphatic hydroxyl groups is 1. The number of nitrogens with zero attached hydrogens (tertiary/aromatic N) is 2. The molecule has 4 N–H and O–H groups in total. The fourth-order valence-electron chi connectivity index (χ4n) is 1.70. The normalized spacial score (nSPS) is 10.6. The first-order valence-corrected chi connectivity index (χ1v) is 5.39. The summed E-state index contributed by atoms with van der Waals surface area (Å²) in [6.45, 7) is 0.563. The van der Waals surface area contributed by atoms with Gasteiger partial charge in [-0.2, -0.15) is 5.10 Å². The van der Waals surface area contributed by atoms with Gasteiger partial charge in [-0.1, -0.05) is 12.1 Å². The summed E-state index contributed by atoms with van der Waals surface area (Å²) < 4.78 is 1.65. The lowest BCUT2D eigenvalue weighted by atomic mass is 10.2. The van der Waals surface area contributed by atoms with Crippen LogP contribution in [0.3, 0.4) is 0 Å². The highest BCUT2D eigenvalue weighted by Crippen LogP contribution is 2.16. The van der Waals surface area contributed by atoms with E-state index in [0.29, 0.717) is 18.8 Å². The SMILES string of the molecule is Nc1c(CCO)cnn1Cc1cccc(O)c1. The van der Waals surface area contributed by atoms with Crippen LogP contribution in [0.4, 0.5) is 5.82 Å². The van der Waals surface area contributed by atoms with Crippen LogP contribution in [-0.4, -0.2) is 26.6 Å². The maximum atomic E-state index is 9.36. The van der Waals surface area contributed by atoms with Crippen molar-refractivity contribution in [2.24, 2.45) is 0 Å². The molecule has 0 saturated heterocycles. The fourth-order valence-corrected chi connectivity index (χ4v) is 1.70. The molecule has 0 aliphatic carbocycles. The Kier molecular flexibility index (Phi) is 3.30. The van der Waals surface area contributed by atoms with E-state index >= 15 is 0 Å². The molecule has 1 aromatic heterocycles. The molecule has 5 heteroatoms. The highest BCUT2D eigenvalue weighted by Gasteiger charge is 2.07. The van der Waals surface area contributed by atoms with Crippen molar-refractivity contribution in [2.45, 2.75) is 13.0 Å². The van der Waals surface area contributed by atoms with E-state index in [1.807, 2.05) is 6.07 Å². The van der Waals surface area contributed by atoms with Gasteiger partial charge in [-0.3, -0.25) is 0 Å². The molecule has 0 aliphatic heterocycles. The third-order valence-electron chi connectivity index (χ3n) is 2.58. The summed E-state index contributed by atoms with van der Waals surface area (Å²) in [6.07, 6.45) is 2.17. The molecule has 2 rings (SSSR count). The van der Waals surface area contributed by atoms with Crippen LogP contribution < -0.4 is 5.73 Å². The van der Waals surface area contributed by atoms with Crippen molar-refractivity contribution in [1.82, 2.24) is 9.78 Å². The second-order valence-electron chi connectivity index (χ2n) is 3.86. The Balaban J connectivity index is 2.19. The number of aliphatic hydroxyl groups excluding tert-OH is 1. The summed E-state index contributed by atoms with van der Waals surface area (Å²) in [5, 5.41) is 22.4. The Morgan fingerprint density at radius 1 is 1.35 bits per heavy atom. The quantitative estimate of drug-likeness (QED) is 0.727. The molecule has 0 saturated carbocycles. The van der Waals surface area contributed by atoms with Crippen LogP contribution >= 0.6 is 0 Å². The largest absolute Gasteiger partial charge is 0.508 e. The van der Waals surface area contributed by atoms with E-state index in [0.717, 1.165) is 11.1 Å². The van der Waals surface area contributed by atoms with Crippen LogP contribution in [0.1, 0.15) is 11.1 Å². The van der Waals surface area contributed by atoms with E-state index in [1.165, 1.54) is 0 Å². The van der Waals surface area contributed by atoms with Gasteiger partial charge in [0.15, 0.2) is 0 Å². The lowest BCUT2D eigenvalue weighted by Gasteiger charge is -2.05. The molecule has 2 aromatic rings. The van der Waals surface area contributed by atoms with Gasteiger partial charge in [0.05, 0.1) is 12.7 Å². The van der Waals surface area contributed by atoms with E-state index in [9.17, 15) is 5.11 Å². The van der Waals surface area contributed by atoms with Gasteiger partial charge >= 0.3 is 0 Å². The van der Waals surface area contributed by atoms with E-state index in [4.69, 9.17) is 10.8 Å². The maximum absolute atomic E-state index is 9.36. The van der Waals surface area contributed by atoms with Gasteiger partial charge in [-0.25, -0.2) is 4.68 Å². The third kappa shape index (κ3) is 2.57. The van der Waals surface area contributed by atoms with Crippen molar-refractivity contribution in [3.05, 3.63) is 41.6 Å². The summed E-state index contributed by atoms with van der Waals surface area (Å²) in [5.41, 5.74) is 7.67. The van der Waals surface area contributed by atoms with Crippen LogP contribution in [0.15, 0.2) is 30.5 Å². The van der Waals surface area contributed by atoms with Crippen molar-refractivity contribution in [1.29, 1.82) is 0 Å². The average Bonchev–Trinajstić information content (AvgIpc) is 2.62. The summed E-state index contributed by atoms with van der Waals surface area (Å²) in [4.78, 5) is 0. The number of hydrogen-bond donors (Lipinski definition) is 3. The number of anilines is 1. The Bertz CT molecular complexity index is 508. The Labute approximate surface area is 99.1 Å². The van der Waals surface area contributed by atoms with Crippen LogP contribution in [0, 0.1) is 0 Å². The molecular weight excluding hydrogens is 218 g/mol. The molecule has 0 atom stereocenters. The number of hydrogen-bond acceptors (Lipinski definition) is 4. The lowest BCUT2D eigenvalue weighted by molar-refractivity contribution is 0.300. The predicted octanol–water partition coefficient (Wildman–Crippen LogP) is 0.754. The topological polar surface area (TPSA) is 84.3 Å².